The molecule has 1 aliphatic carbocycles. The molecular weight excluding hydrogens is 338 g/mol. The van der Waals surface area contributed by atoms with E-state index in [2.05, 4.69) is 5.10 Å². The summed E-state index contributed by atoms with van der Waals surface area (Å²) in [4.78, 5) is 16.8. The van der Waals surface area contributed by atoms with Crippen LogP contribution in [0.3, 0.4) is 0 Å². The number of carboxylic acids is 1. The van der Waals surface area contributed by atoms with Gasteiger partial charge in [-0.1, -0.05) is 19.3 Å². The Morgan fingerprint density at radius 2 is 2.08 bits per heavy atom. The first-order valence-corrected chi connectivity index (χ1v) is 9.24. The monoisotopic (exact) mass is 359 g/mol. The lowest BCUT2D eigenvalue weighted by molar-refractivity contribution is 0.0693. The smallest absolute Gasteiger partial charge is 0.339 e. The second-order valence-electron chi connectivity index (χ2n) is 6.22. The summed E-state index contributed by atoms with van der Waals surface area (Å²) in [5, 5.41) is 25.2. The van der Waals surface area contributed by atoms with E-state index in [-0.39, 0.29) is 11.3 Å². The van der Waals surface area contributed by atoms with Gasteiger partial charge in [-0.2, -0.15) is 5.10 Å². The van der Waals surface area contributed by atoms with Gasteiger partial charge in [-0.3, -0.25) is 4.99 Å². The molecule has 1 aromatic carbocycles. The molecule has 2 aromatic rings. The van der Waals surface area contributed by atoms with E-state index >= 15 is 0 Å². The molecule has 0 unspecified atom stereocenters. The first-order valence-electron chi connectivity index (χ1n) is 8.36. The number of aryl methyl sites for hydroxylation is 1. The number of aromatic hydroxyl groups is 1. The fraction of sp³-hybridized carbons (Fsp3) is 0.389. The predicted octanol–water partition coefficient (Wildman–Crippen LogP) is 3.38. The highest BCUT2D eigenvalue weighted by Crippen LogP contribution is 2.20. The standard InChI is InChI=1S/C18H21N3O3S/c1-12-11-25-18(20-14-5-3-2-4-6-14)21(12)19-10-13-7-8-16(22)15(9-13)17(23)24/h7-11,14,22H,2-6H2,1H3,(H,23,24). The van der Waals surface area contributed by atoms with Crippen LogP contribution in [0.25, 0.3) is 0 Å². The van der Waals surface area contributed by atoms with Crippen molar-refractivity contribution in [2.24, 2.45) is 10.1 Å². The summed E-state index contributed by atoms with van der Waals surface area (Å²) in [6, 6.07) is 4.76. The lowest BCUT2D eigenvalue weighted by Crippen LogP contribution is -2.19. The number of benzene rings is 1. The second-order valence-corrected chi connectivity index (χ2v) is 7.06. The van der Waals surface area contributed by atoms with E-state index in [1.165, 1.54) is 31.4 Å². The maximum absolute atomic E-state index is 11.1. The third kappa shape index (κ3) is 4.17. The summed E-state index contributed by atoms with van der Waals surface area (Å²) in [6.07, 6.45) is 7.59. The summed E-state index contributed by atoms with van der Waals surface area (Å²) < 4.78 is 1.78. The van der Waals surface area contributed by atoms with Gasteiger partial charge in [-0.15, -0.1) is 11.3 Å². The second kappa shape index (κ2) is 7.65. The zero-order valence-electron chi connectivity index (χ0n) is 14.1. The molecule has 1 aliphatic rings. The first kappa shape index (κ1) is 17.4. The molecule has 0 bridgehead atoms. The molecule has 0 saturated heterocycles. The molecule has 1 saturated carbocycles. The zero-order valence-corrected chi connectivity index (χ0v) is 14.9. The van der Waals surface area contributed by atoms with Crippen molar-refractivity contribution in [2.75, 3.05) is 0 Å². The van der Waals surface area contributed by atoms with E-state index in [0.29, 0.717) is 11.6 Å². The number of aromatic nitrogens is 1. The Hall–Kier alpha value is -2.41. The van der Waals surface area contributed by atoms with Gasteiger partial charge in [-0.25, -0.2) is 9.47 Å². The Labute approximate surface area is 149 Å². The van der Waals surface area contributed by atoms with E-state index in [9.17, 15) is 9.90 Å². The molecule has 1 fully saturated rings. The predicted molar refractivity (Wildman–Crippen MR) is 97.5 cm³/mol. The minimum absolute atomic E-state index is 0.136. The van der Waals surface area contributed by atoms with Gasteiger partial charge in [0.05, 0.1) is 18.0 Å². The minimum Gasteiger partial charge on any atom is -0.507 e. The Morgan fingerprint density at radius 3 is 2.80 bits per heavy atom. The number of rotatable bonds is 4. The molecule has 3 rings (SSSR count). The lowest BCUT2D eigenvalue weighted by Gasteiger charge is -2.16. The van der Waals surface area contributed by atoms with Crippen LogP contribution in [0.2, 0.25) is 0 Å². The number of hydrogen-bond acceptors (Lipinski definition) is 5. The van der Waals surface area contributed by atoms with Gasteiger partial charge >= 0.3 is 5.97 Å². The number of phenols is 1. The highest BCUT2D eigenvalue weighted by atomic mass is 32.1. The van der Waals surface area contributed by atoms with Crippen LogP contribution in [0.5, 0.6) is 5.75 Å². The molecule has 0 amide bonds. The van der Waals surface area contributed by atoms with Gasteiger partial charge in [-0.05, 0) is 43.5 Å². The summed E-state index contributed by atoms with van der Waals surface area (Å²) in [5.74, 6) is -1.42. The molecule has 0 atom stereocenters. The lowest BCUT2D eigenvalue weighted by atomic mass is 9.96. The van der Waals surface area contributed by atoms with Crippen LogP contribution < -0.4 is 4.80 Å². The van der Waals surface area contributed by atoms with E-state index in [1.807, 2.05) is 12.3 Å². The van der Waals surface area contributed by atoms with Crippen LogP contribution in [0, 0.1) is 6.92 Å². The average Bonchev–Trinajstić information content (AvgIpc) is 2.94. The third-order valence-electron chi connectivity index (χ3n) is 4.29. The first-order chi connectivity index (χ1) is 12.0. The summed E-state index contributed by atoms with van der Waals surface area (Å²) in [5.41, 5.74) is 1.45. The van der Waals surface area contributed by atoms with E-state index in [1.54, 1.807) is 28.3 Å². The summed E-state index contributed by atoms with van der Waals surface area (Å²) >= 11 is 1.56. The van der Waals surface area contributed by atoms with Crippen molar-refractivity contribution in [1.82, 2.24) is 4.68 Å². The number of hydrogen-bond donors (Lipinski definition) is 2. The molecule has 25 heavy (non-hydrogen) atoms. The molecule has 0 radical (unpaired) electrons. The van der Waals surface area contributed by atoms with Crippen LogP contribution >= 0.6 is 11.3 Å². The highest BCUT2D eigenvalue weighted by Gasteiger charge is 2.13. The van der Waals surface area contributed by atoms with Crippen LogP contribution in [-0.2, 0) is 0 Å². The van der Waals surface area contributed by atoms with Crippen LogP contribution in [-0.4, -0.2) is 33.1 Å². The van der Waals surface area contributed by atoms with E-state index < -0.39 is 5.97 Å². The van der Waals surface area contributed by atoms with Gasteiger partial charge in [0.15, 0.2) is 0 Å². The minimum atomic E-state index is -1.17. The van der Waals surface area contributed by atoms with Gasteiger partial charge in [0.2, 0.25) is 4.80 Å². The van der Waals surface area contributed by atoms with Gasteiger partial charge in [0.25, 0.3) is 0 Å². The number of aromatic carboxylic acids is 1. The largest absolute Gasteiger partial charge is 0.507 e. The van der Waals surface area contributed by atoms with Crippen molar-refractivity contribution >= 4 is 23.5 Å². The molecule has 1 heterocycles. The number of carboxylic acid groups (broad SMARTS) is 1. The summed E-state index contributed by atoms with van der Waals surface area (Å²) in [6.45, 7) is 1.97. The molecule has 0 spiro atoms. The van der Waals surface area contributed by atoms with Crippen molar-refractivity contribution in [3.63, 3.8) is 0 Å². The van der Waals surface area contributed by atoms with Crippen molar-refractivity contribution in [2.45, 2.75) is 45.1 Å². The molecule has 1 aromatic heterocycles. The quantitative estimate of drug-likeness (QED) is 0.821. The Balaban J connectivity index is 1.89. The number of nitrogens with zero attached hydrogens (tertiary/aromatic N) is 3. The van der Waals surface area contributed by atoms with Crippen molar-refractivity contribution in [3.05, 3.63) is 45.2 Å². The number of thiazole rings is 1. The van der Waals surface area contributed by atoms with Crippen molar-refractivity contribution < 1.29 is 15.0 Å². The van der Waals surface area contributed by atoms with Gasteiger partial charge in [0, 0.05) is 5.38 Å². The Morgan fingerprint density at radius 1 is 1.32 bits per heavy atom. The van der Waals surface area contributed by atoms with Gasteiger partial charge in [0.1, 0.15) is 11.3 Å². The molecule has 132 valence electrons. The topological polar surface area (TPSA) is 87.2 Å². The molecule has 6 nitrogen and oxygen atoms in total. The normalized spacial score (nSPS) is 16.6. The van der Waals surface area contributed by atoms with E-state index in [0.717, 1.165) is 23.3 Å². The highest BCUT2D eigenvalue weighted by molar-refractivity contribution is 7.07. The third-order valence-corrected chi connectivity index (χ3v) is 5.24. The SMILES string of the molecule is Cc1csc(=NC2CCCCC2)n1N=Cc1ccc(O)c(C(=O)O)c1. The average molecular weight is 359 g/mol. The fourth-order valence-electron chi connectivity index (χ4n) is 2.91. The molecule has 7 heteroatoms. The van der Waals surface area contributed by atoms with Crippen molar-refractivity contribution in [3.8, 4) is 5.75 Å². The summed E-state index contributed by atoms with van der Waals surface area (Å²) in [7, 11) is 0. The fourth-order valence-corrected chi connectivity index (χ4v) is 3.79. The molecular formula is C18H21N3O3S. The van der Waals surface area contributed by atoms with Gasteiger partial charge < -0.3 is 10.2 Å². The van der Waals surface area contributed by atoms with Crippen LogP contribution in [0.15, 0.2) is 33.7 Å². The maximum atomic E-state index is 11.1. The molecule has 2 N–H and O–H groups in total. The Bertz CT molecular complexity index is 861. The van der Waals surface area contributed by atoms with E-state index in [4.69, 9.17) is 10.1 Å². The zero-order chi connectivity index (χ0) is 17.8. The van der Waals surface area contributed by atoms with Crippen LogP contribution in [0.4, 0.5) is 0 Å². The molecule has 0 aliphatic heterocycles. The Kier molecular flexibility index (Phi) is 5.33. The number of carbonyl (C=O) groups is 1. The van der Waals surface area contributed by atoms with Crippen LogP contribution in [0.1, 0.15) is 53.7 Å². The maximum Gasteiger partial charge on any atom is 0.339 e. The van der Waals surface area contributed by atoms with Crippen molar-refractivity contribution in [1.29, 1.82) is 0 Å².